The molecular formula is C17H25N3. The second-order valence-corrected chi connectivity index (χ2v) is 5.82. The maximum Gasteiger partial charge on any atom is 0.0555 e. The van der Waals surface area contributed by atoms with Crippen molar-refractivity contribution in [3.63, 3.8) is 0 Å². The lowest BCUT2D eigenvalue weighted by Crippen LogP contribution is -2.27. The number of hydrogen-bond acceptors (Lipinski definition) is 3. The summed E-state index contributed by atoms with van der Waals surface area (Å²) in [6, 6.07) is 8.49. The summed E-state index contributed by atoms with van der Waals surface area (Å²) in [7, 11) is 4.42. The quantitative estimate of drug-likeness (QED) is 0.840. The van der Waals surface area contributed by atoms with E-state index in [-0.39, 0.29) is 0 Å². The van der Waals surface area contributed by atoms with Gasteiger partial charge in [-0.2, -0.15) is 0 Å². The first-order valence-electron chi connectivity index (χ1n) is 7.32. The van der Waals surface area contributed by atoms with E-state index >= 15 is 0 Å². The third kappa shape index (κ3) is 4.64. The van der Waals surface area contributed by atoms with Crippen LogP contribution in [0.1, 0.15) is 17.5 Å². The van der Waals surface area contributed by atoms with Crippen molar-refractivity contribution in [2.45, 2.75) is 13.0 Å². The van der Waals surface area contributed by atoms with E-state index in [1.54, 1.807) is 0 Å². The van der Waals surface area contributed by atoms with Crippen molar-refractivity contribution >= 4 is 0 Å². The van der Waals surface area contributed by atoms with E-state index in [9.17, 15) is 0 Å². The summed E-state index contributed by atoms with van der Waals surface area (Å²) < 4.78 is 0. The molecule has 0 bridgehead atoms. The highest BCUT2D eigenvalue weighted by molar-refractivity contribution is 5.36. The van der Waals surface area contributed by atoms with Crippen molar-refractivity contribution in [3.8, 4) is 11.8 Å². The van der Waals surface area contributed by atoms with Crippen molar-refractivity contribution in [2.75, 3.05) is 40.3 Å². The highest BCUT2D eigenvalue weighted by Gasteiger charge is 2.20. The van der Waals surface area contributed by atoms with Crippen LogP contribution in [0.15, 0.2) is 24.3 Å². The molecule has 0 aliphatic carbocycles. The molecule has 1 atom stereocenters. The fourth-order valence-corrected chi connectivity index (χ4v) is 2.84. The molecule has 1 aliphatic heterocycles. The minimum absolute atomic E-state index is 0.417. The second-order valence-electron chi connectivity index (χ2n) is 5.82. The maximum atomic E-state index is 5.38. The molecule has 1 aliphatic rings. The molecule has 1 heterocycles. The van der Waals surface area contributed by atoms with Crippen LogP contribution in [0.2, 0.25) is 0 Å². The molecule has 1 aromatic carbocycles. The molecule has 3 nitrogen and oxygen atoms in total. The van der Waals surface area contributed by atoms with Gasteiger partial charge in [-0.3, -0.25) is 0 Å². The Hall–Kier alpha value is -1.34. The molecule has 0 spiro atoms. The van der Waals surface area contributed by atoms with Gasteiger partial charge >= 0.3 is 0 Å². The predicted molar refractivity (Wildman–Crippen MR) is 84.3 cm³/mol. The number of nitrogens with two attached hydrogens (primary N) is 1. The third-order valence-corrected chi connectivity index (χ3v) is 3.80. The van der Waals surface area contributed by atoms with Crippen molar-refractivity contribution < 1.29 is 0 Å². The van der Waals surface area contributed by atoms with E-state index in [2.05, 4.69) is 60.0 Å². The van der Waals surface area contributed by atoms with Crippen LogP contribution in [0.3, 0.4) is 0 Å². The van der Waals surface area contributed by atoms with E-state index in [1.807, 2.05) is 0 Å². The lowest BCUT2D eigenvalue weighted by atomic mass is 10.1. The zero-order chi connectivity index (χ0) is 14.4. The first kappa shape index (κ1) is 15.1. The van der Waals surface area contributed by atoms with Gasteiger partial charge in [0.25, 0.3) is 0 Å². The van der Waals surface area contributed by atoms with E-state index in [0.29, 0.717) is 6.54 Å². The average molecular weight is 271 g/mol. The number of likely N-dealkylation sites (tertiary alicyclic amines) is 1. The van der Waals surface area contributed by atoms with Crippen molar-refractivity contribution in [2.24, 2.45) is 11.7 Å². The molecule has 20 heavy (non-hydrogen) atoms. The first-order valence-corrected chi connectivity index (χ1v) is 7.32. The van der Waals surface area contributed by atoms with Gasteiger partial charge < -0.3 is 15.5 Å². The Morgan fingerprint density at radius 3 is 2.70 bits per heavy atom. The topological polar surface area (TPSA) is 32.5 Å². The molecule has 0 saturated carbocycles. The number of nitrogens with zero attached hydrogens (tertiary/aromatic N) is 2. The molecule has 1 aromatic rings. The average Bonchev–Trinajstić information content (AvgIpc) is 2.83. The summed E-state index contributed by atoms with van der Waals surface area (Å²) in [5, 5.41) is 0. The van der Waals surface area contributed by atoms with Crippen LogP contribution in [-0.2, 0) is 6.54 Å². The summed E-state index contributed by atoms with van der Waals surface area (Å²) in [6.45, 7) is 5.08. The molecular weight excluding hydrogens is 246 g/mol. The van der Waals surface area contributed by atoms with Crippen LogP contribution in [-0.4, -0.2) is 50.1 Å². The van der Waals surface area contributed by atoms with Gasteiger partial charge in [-0.15, -0.1) is 0 Å². The standard InChI is InChI=1S/C17H25N3/c1-19-11-9-17(13-19)14-20(2)12-16-7-5-15(6-8-16)4-3-10-18/h5-8,17H,9-14,18H2,1-2H3. The van der Waals surface area contributed by atoms with Gasteiger partial charge in [-0.25, -0.2) is 0 Å². The SMILES string of the molecule is CN1CCC(CN(C)Cc2ccc(C#CCN)cc2)C1. The lowest BCUT2D eigenvalue weighted by Gasteiger charge is -2.21. The first-order chi connectivity index (χ1) is 9.67. The summed E-state index contributed by atoms with van der Waals surface area (Å²) in [4.78, 5) is 4.84. The third-order valence-electron chi connectivity index (χ3n) is 3.80. The molecule has 2 N–H and O–H groups in total. The number of hydrogen-bond donors (Lipinski definition) is 1. The minimum atomic E-state index is 0.417. The van der Waals surface area contributed by atoms with Crippen LogP contribution >= 0.6 is 0 Å². The highest BCUT2D eigenvalue weighted by atomic mass is 15.1. The Balaban J connectivity index is 1.83. The van der Waals surface area contributed by atoms with Crippen molar-refractivity contribution in [3.05, 3.63) is 35.4 Å². The lowest BCUT2D eigenvalue weighted by molar-refractivity contribution is 0.267. The largest absolute Gasteiger partial charge is 0.320 e. The Morgan fingerprint density at radius 1 is 1.35 bits per heavy atom. The molecule has 1 unspecified atom stereocenters. The Morgan fingerprint density at radius 2 is 2.10 bits per heavy atom. The zero-order valence-electron chi connectivity index (χ0n) is 12.6. The molecule has 2 rings (SSSR count). The van der Waals surface area contributed by atoms with Crippen LogP contribution in [0, 0.1) is 17.8 Å². The minimum Gasteiger partial charge on any atom is -0.320 e. The smallest absolute Gasteiger partial charge is 0.0555 e. The molecule has 0 amide bonds. The normalized spacial score (nSPS) is 19.1. The summed E-state index contributed by atoms with van der Waals surface area (Å²) in [5.74, 6) is 6.75. The van der Waals surface area contributed by atoms with Crippen molar-refractivity contribution in [1.82, 2.24) is 9.80 Å². The Labute approximate surface area is 122 Å². The molecule has 108 valence electrons. The molecule has 3 heteroatoms. The van der Waals surface area contributed by atoms with Crippen LogP contribution < -0.4 is 5.73 Å². The van der Waals surface area contributed by atoms with Gasteiger partial charge in [0.15, 0.2) is 0 Å². The van der Waals surface area contributed by atoms with Gasteiger partial charge in [0.1, 0.15) is 0 Å². The van der Waals surface area contributed by atoms with Gasteiger partial charge in [0.05, 0.1) is 6.54 Å². The summed E-state index contributed by atoms with van der Waals surface area (Å²) >= 11 is 0. The van der Waals surface area contributed by atoms with Crippen LogP contribution in [0.4, 0.5) is 0 Å². The number of benzene rings is 1. The van der Waals surface area contributed by atoms with Crippen LogP contribution in [0.5, 0.6) is 0 Å². The van der Waals surface area contributed by atoms with E-state index in [1.165, 1.54) is 31.6 Å². The van der Waals surface area contributed by atoms with Crippen molar-refractivity contribution in [1.29, 1.82) is 0 Å². The van der Waals surface area contributed by atoms with E-state index in [0.717, 1.165) is 18.0 Å². The number of rotatable bonds is 4. The monoisotopic (exact) mass is 271 g/mol. The molecule has 0 aromatic heterocycles. The fourth-order valence-electron chi connectivity index (χ4n) is 2.84. The van der Waals surface area contributed by atoms with E-state index in [4.69, 9.17) is 5.73 Å². The van der Waals surface area contributed by atoms with Gasteiger partial charge in [-0.05, 0) is 50.7 Å². The zero-order valence-corrected chi connectivity index (χ0v) is 12.6. The summed E-state index contributed by atoms with van der Waals surface area (Å²) in [6.07, 6.45) is 1.33. The van der Waals surface area contributed by atoms with Gasteiger partial charge in [0, 0.05) is 25.2 Å². The molecule has 1 saturated heterocycles. The molecule has 1 fully saturated rings. The highest BCUT2D eigenvalue weighted by Crippen LogP contribution is 2.16. The Bertz CT molecular complexity index is 469. The predicted octanol–water partition coefficient (Wildman–Crippen LogP) is 1.38. The second kappa shape index (κ2) is 7.44. The maximum absolute atomic E-state index is 5.38. The van der Waals surface area contributed by atoms with Gasteiger partial charge in [-0.1, -0.05) is 24.0 Å². The van der Waals surface area contributed by atoms with Gasteiger partial charge in [0.2, 0.25) is 0 Å². The Kier molecular flexibility index (Phi) is 5.60. The molecule has 0 radical (unpaired) electrons. The van der Waals surface area contributed by atoms with E-state index < -0.39 is 0 Å². The fraction of sp³-hybridized carbons (Fsp3) is 0.529. The van der Waals surface area contributed by atoms with Crippen LogP contribution in [0.25, 0.3) is 0 Å². The summed E-state index contributed by atoms with van der Waals surface area (Å²) in [5.41, 5.74) is 7.76.